The maximum absolute atomic E-state index is 11.4. The standard InChI is InChI=1S/C10H15N3O3S/c14-17(15)2-1-8(6-17)10-12-9(16-13-10)3-7-4-11-5-7/h7-8,11H,1-6H2. The Balaban J connectivity index is 1.67. The molecule has 0 aliphatic carbocycles. The van der Waals surface area contributed by atoms with Crippen molar-refractivity contribution in [1.82, 2.24) is 15.5 Å². The summed E-state index contributed by atoms with van der Waals surface area (Å²) in [5.41, 5.74) is 0. The van der Waals surface area contributed by atoms with Crippen LogP contribution in [0.4, 0.5) is 0 Å². The normalized spacial score (nSPS) is 28.1. The van der Waals surface area contributed by atoms with Crippen LogP contribution in [0.2, 0.25) is 0 Å². The van der Waals surface area contributed by atoms with E-state index in [1.807, 2.05) is 0 Å². The van der Waals surface area contributed by atoms with Gasteiger partial charge in [0.2, 0.25) is 5.89 Å². The fourth-order valence-electron chi connectivity index (χ4n) is 2.26. The third-order valence-electron chi connectivity index (χ3n) is 3.41. The quantitative estimate of drug-likeness (QED) is 0.802. The summed E-state index contributed by atoms with van der Waals surface area (Å²) < 4.78 is 27.9. The molecule has 3 rings (SSSR count). The Morgan fingerprint density at radius 1 is 1.41 bits per heavy atom. The van der Waals surface area contributed by atoms with Gasteiger partial charge in [0, 0.05) is 12.3 Å². The van der Waals surface area contributed by atoms with Gasteiger partial charge < -0.3 is 9.84 Å². The highest BCUT2D eigenvalue weighted by Gasteiger charge is 2.32. The Bertz CT molecular complexity index is 507. The highest BCUT2D eigenvalue weighted by Crippen LogP contribution is 2.27. The van der Waals surface area contributed by atoms with Gasteiger partial charge in [-0.3, -0.25) is 0 Å². The molecule has 94 valence electrons. The average Bonchev–Trinajstić information content (AvgIpc) is 2.78. The van der Waals surface area contributed by atoms with Gasteiger partial charge in [0.1, 0.15) is 0 Å². The van der Waals surface area contributed by atoms with Crippen molar-refractivity contribution in [1.29, 1.82) is 0 Å². The molecule has 1 N–H and O–H groups in total. The minimum atomic E-state index is -2.88. The predicted molar refractivity (Wildman–Crippen MR) is 60.4 cm³/mol. The lowest BCUT2D eigenvalue weighted by molar-refractivity contribution is 0.294. The smallest absolute Gasteiger partial charge is 0.227 e. The lowest BCUT2D eigenvalue weighted by atomic mass is 10.00. The summed E-state index contributed by atoms with van der Waals surface area (Å²) in [6.07, 6.45) is 1.41. The van der Waals surface area contributed by atoms with Crippen molar-refractivity contribution in [3.8, 4) is 0 Å². The zero-order valence-corrected chi connectivity index (χ0v) is 10.2. The van der Waals surface area contributed by atoms with Crippen LogP contribution >= 0.6 is 0 Å². The second kappa shape index (κ2) is 4.06. The van der Waals surface area contributed by atoms with E-state index in [1.54, 1.807) is 0 Å². The minimum absolute atomic E-state index is 0.0722. The van der Waals surface area contributed by atoms with Crippen molar-refractivity contribution in [2.45, 2.75) is 18.8 Å². The first-order valence-electron chi connectivity index (χ1n) is 5.86. The van der Waals surface area contributed by atoms with Gasteiger partial charge in [-0.25, -0.2) is 8.42 Å². The molecule has 3 heterocycles. The molecule has 17 heavy (non-hydrogen) atoms. The van der Waals surface area contributed by atoms with Gasteiger partial charge in [-0.1, -0.05) is 5.16 Å². The number of nitrogens with one attached hydrogen (secondary N) is 1. The molecule has 6 nitrogen and oxygen atoms in total. The minimum Gasteiger partial charge on any atom is -0.339 e. The summed E-state index contributed by atoms with van der Waals surface area (Å²) in [4.78, 5) is 4.31. The summed E-state index contributed by atoms with van der Waals surface area (Å²) in [5.74, 6) is 2.11. The molecule has 0 saturated carbocycles. The highest BCUT2D eigenvalue weighted by atomic mass is 32.2. The molecule has 0 radical (unpaired) electrons. The number of hydrogen-bond acceptors (Lipinski definition) is 6. The average molecular weight is 257 g/mol. The van der Waals surface area contributed by atoms with Gasteiger partial charge in [0.25, 0.3) is 0 Å². The van der Waals surface area contributed by atoms with Crippen molar-refractivity contribution >= 4 is 9.84 Å². The number of aromatic nitrogens is 2. The van der Waals surface area contributed by atoms with Gasteiger partial charge in [-0.05, 0) is 25.4 Å². The number of nitrogens with zero attached hydrogens (tertiary/aromatic N) is 2. The first-order chi connectivity index (χ1) is 8.12. The predicted octanol–water partition coefficient (Wildman–Crippen LogP) is -0.266. The fraction of sp³-hybridized carbons (Fsp3) is 0.800. The van der Waals surface area contributed by atoms with Crippen LogP contribution in [-0.2, 0) is 16.3 Å². The fourth-order valence-corrected chi connectivity index (χ4v) is 3.99. The van der Waals surface area contributed by atoms with Crippen molar-refractivity contribution in [2.75, 3.05) is 24.6 Å². The van der Waals surface area contributed by atoms with E-state index in [0.717, 1.165) is 19.5 Å². The third kappa shape index (κ3) is 2.35. The molecule has 0 aromatic carbocycles. The molecule has 0 bridgehead atoms. The Hall–Kier alpha value is -0.950. The van der Waals surface area contributed by atoms with E-state index < -0.39 is 9.84 Å². The highest BCUT2D eigenvalue weighted by molar-refractivity contribution is 7.91. The summed E-state index contributed by atoms with van der Waals surface area (Å²) >= 11 is 0. The topological polar surface area (TPSA) is 85.1 Å². The molecule has 1 aromatic rings. The van der Waals surface area contributed by atoms with Crippen molar-refractivity contribution in [3.63, 3.8) is 0 Å². The first kappa shape index (κ1) is 11.2. The van der Waals surface area contributed by atoms with Gasteiger partial charge in [0.05, 0.1) is 11.5 Å². The molecular formula is C10H15N3O3S. The zero-order chi connectivity index (χ0) is 11.9. The van der Waals surface area contributed by atoms with E-state index in [2.05, 4.69) is 15.5 Å². The summed E-state index contributed by atoms with van der Waals surface area (Å²) in [5, 5.41) is 7.09. The monoisotopic (exact) mass is 257 g/mol. The molecule has 2 aliphatic heterocycles. The molecule has 2 aliphatic rings. The Morgan fingerprint density at radius 3 is 2.82 bits per heavy atom. The van der Waals surface area contributed by atoms with Crippen LogP contribution in [0.3, 0.4) is 0 Å². The second-order valence-corrected chi connectivity index (χ2v) is 7.10. The van der Waals surface area contributed by atoms with Crippen LogP contribution in [0.1, 0.15) is 24.1 Å². The molecule has 7 heteroatoms. The Labute approximate surface area is 99.7 Å². The van der Waals surface area contributed by atoms with E-state index in [1.165, 1.54) is 0 Å². The molecule has 0 amide bonds. The lowest BCUT2D eigenvalue weighted by Crippen LogP contribution is -2.43. The van der Waals surface area contributed by atoms with Gasteiger partial charge in [-0.2, -0.15) is 4.98 Å². The van der Waals surface area contributed by atoms with E-state index >= 15 is 0 Å². The third-order valence-corrected chi connectivity index (χ3v) is 5.18. The maximum atomic E-state index is 11.4. The largest absolute Gasteiger partial charge is 0.339 e. The van der Waals surface area contributed by atoms with Gasteiger partial charge in [-0.15, -0.1) is 0 Å². The van der Waals surface area contributed by atoms with E-state index in [9.17, 15) is 8.42 Å². The van der Waals surface area contributed by atoms with Gasteiger partial charge >= 0.3 is 0 Å². The van der Waals surface area contributed by atoms with Crippen molar-refractivity contribution in [3.05, 3.63) is 11.7 Å². The van der Waals surface area contributed by atoms with E-state index in [-0.39, 0.29) is 17.4 Å². The molecule has 1 unspecified atom stereocenters. The van der Waals surface area contributed by atoms with E-state index in [0.29, 0.717) is 24.1 Å². The molecule has 2 fully saturated rings. The van der Waals surface area contributed by atoms with Crippen LogP contribution < -0.4 is 5.32 Å². The Kier molecular flexibility index (Phi) is 2.67. The van der Waals surface area contributed by atoms with Crippen LogP contribution in [0, 0.1) is 5.92 Å². The number of hydrogen-bond donors (Lipinski definition) is 1. The first-order valence-corrected chi connectivity index (χ1v) is 7.68. The van der Waals surface area contributed by atoms with E-state index in [4.69, 9.17) is 4.52 Å². The van der Waals surface area contributed by atoms with Crippen molar-refractivity contribution < 1.29 is 12.9 Å². The van der Waals surface area contributed by atoms with Crippen LogP contribution in [0.15, 0.2) is 4.52 Å². The molecule has 2 saturated heterocycles. The van der Waals surface area contributed by atoms with Crippen LogP contribution in [-0.4, -0.2) is 43.2 Å². The summed E-state index contributed by atoms with van der Waals surface area (Å²) in [6.45, 7) is 1.99. The van der Waals surface area contributed by atoms with Gasteiger partial charge in [0.15, 0.2) is 15.7 Å². The number of rotatable bonds is 3. The molecule has 1 atom stereocenters. The SMILES string of the molecule is O=S1(=O)CCC(c2noc(CC3CNC3)n2)C1. The summed E-state index contributed by atoms with van der Waals surface area (Å²) in [7, 11) is -2.88. The Morgan fingerprint density at radius 2 is 2.24 bits per heavy atom. The molecular weight excluding hydrogens is 242 g/mol. The van der Waals surface area contributed by atoms with Crippen LogP contribution in [0.5, 0.6) is 0 Å². The van der Waals surface area contributed by atoms with Crippen molar-refractivity contribution in [2.24, 2.45) is 5.92 Å². The zero-order valence-electron chi connectivity index (χ0n) is 9.42. The maximum Gasteiger partial charge on any atom is 0.227 e. The second-order valence-electron chi connectivity index (χ2n) is 4.87. The number of sulfone groups is 1. The van der Waals surface area contributed by atoms with Crippen LogP contribution in [0.25, 0.3) is 0 Å². The lowest BCUT2D eigenvalue weighted by Gasteiger charge is -2.25. The molecule has 1 aromatic heterocycles. The molecule has 0 spiro atoms. The summed E-state index contributed by atoms with van der Waals surface area (Å²) in [6, 6.07) is 0.